The second-order valence-electron chi connectivity index (χ2n) is 4.82. The topological polar surface area (TPSA) is 66.0 Å². The van der Waals surface area contributed by atoms with Gasteiger partial charge in [0.05, 0.1) is 10.7 Å². The van der Waals surface area contributed by atoms with E-state index in [1.54, 1.807) is 0 Å². The first-order valence-corrected chi connectivity index (χ1v) is 7.08. The third-order valence-electron chi connectivity index (χ3n) is 2.73. The highest BCUT2D eigenvalue weighted by Gasteiger charge is 2.09. The quantitative estimate of drug-likeness (QED) is 0.885. The number of benzene rings is 1. The fourth-order valence-corrected chi connectivity index (χ4v) is 1.88. The van der Waals surface area contributed by atoms with E-state index in [1.807, 2.05) is 51.0 Å². The molecule has 0 spiro atoms. The summed E-state index contributed by atoms with van der Waals surface area (Å²) in [4.78, 5) is 14.9. The Balaban J connectivity index is 2.36. The molecule has 1 heterocycles. The van der Waals surface area contributed by atoms with E-state index in [-0.39, 0.29) is 0 Å². The number of hydrogen-bond donors (Lipinski definition) is 2. The number of aromatic nitrogens is 3. The molecular formula is C14H19ClN6. The standard InChI is InChI=1S/C14H19ClN6/c1-5-16-12-18-13(20-14(19-12)21(3)4)17-11-8-9(2)6-7-10(11)15/h6-8H,5H2,1-4H3,(H2,16,17,18,19,20). The molecule has 2 N–H and O–H groups in total. The van der Waals surface area contributed by atoms with Gasteiger partial charge in [0.25, 0.3) is 0 Å². The van der Waals surface area contributed by atoms with Crippen LogP contribution in [0.1, 0.15) is 12.5 Å². The summed E-state index contributed by atoms with van der Waals surface area (Å²) in [5, 5.41) is 6.86. The lowest BCUT2D eigenvalue weighted by molar-refractivity contribution is 0.953. The van der Waals surface area contributed by atoms with Crippen LogP contribution in [0.2, 0.25) is 5.02 Å². The lowest BCUT2D eigenvalue weighted by Crippen LogP contribution is -2.16. The second-order valence-corrected chi connectivity index (χ2v) is 5.22. The number of anilines is 4. The zero-order valence-corrected chi connectivity index (χ0v) is 13.4. The molecule has 0 fully saturated rings. The van der Waals surface area contributed by atoms with E-state index in [0.717, 1.165) is 17.8 Å². The van der Waals surface area contributed by atoms with E-state index in [0.29, 0.717) is 22.9 Å². The summed E-state index contributed by atoms with van der Waals surface area (Å²) in [6.45, 7) is 4.73. The Hall–Kier alpha value is -2.08. The van der Waals surface area contributed by atoms with Crippen LogP contribution in [-0.4, -0.2) is 35.6 Å². The molecule has 0 aliphatic rings. The molecule has 0 bridgehead atoms. The number of hydrogen-bond acceptors (Lipinski definition) is 6. The van der Waals surface area contributed by atoms with Gasteiger partial charge in [-0.05, 0) is 31.5 Å². The van der Waals surface area contributed by atoms with Gasteiger partial charge in [0, 0.05) is 20.6 Å². The van der Waals surface area contributed by atoms with Crippen LogP contribution in [0.15, 0.2) is 18.2 Å². The van der Waals surface area contributed by atoms with Crippen molar-refractivity contribution in [1.29, 1.82) is 0 Å². The Morgan fingerprint density at radius 1 is 1.14 bits per heavy atom. The summed E-state index contributed by atoms with van der Waals surface area (Å²) in [5.41, 5.74) is 1.88. The SMILES string of the molecule is CCNc1nc(Nc2cc(C)ccc2Cl)nc(N(C)C)n1. The monoisotopic (exact) mass is 306 g/mol. The van der Waals surface area contributed by atoms with Crippen molar-refractivity contribution < 1.29 is 0 Å². The van der Waals surface area contributed by atoms with Crippen LogP contribution < -0.4 is 15.5 Å². The summed E-state index contributed by atoms with van der Waals surface area (Å²) in [6, 6.07) is 5.75. The van der Waals surface area contributed by atoms with Gasteiger partial charge in [-0.3, -0.25) is 0 Å². The number of aryl methyl sites for hydroxylation is 1. The lowest BCUT2D eigenvalue weighted by Gasteiger charge is -2.14. The van der Waals surface area contributed by atoms with Gasteiger partial charge in [0.1, 0.15) is 0 Å². The van der Waals surface area contributed by atoms with Crippen molar-refractivity contribution in [3.63, 3.8) is 0 Å². The van der Waals surface area contributed by atoms with E-state index in [4.69, 9.17) is 11.6 Å². The predicted octanol–water partition coefficient (Wildman–Crippen LogP) is 3.07. The van der Waals surface area contributed by atoms with Crippen LogP contribution in [-0.2, 0) is 0 Å². The third-order valence-corrected chi connectivity index (χ3v) is 3.06. The first-order valence-electron chi connectivity index (χ1n) is 6.70. The summed E-state index contributed by atoms with van der Waals surface area (Å²) >= 11 is 6.19. The van der Waals surface area contributed by atoms with E-state index in [1.165, 1.54) is 0 Å². The average molecular weight is 307 g/mol. The Labute approximate surface area is 129 Å². The first kappa shape index (κ1) is 15.3. The second kappa shape index (κ2) is 6.58. The third kappa shape index (κ3) is 3.95. The van der Waals surface area contributed by atoms with Gasteiger partial charge < -0.3 is 15.5 Å². The van der Waals surface area contributed by atoms with E-state index >= 15 is 0 Å². The zero-order valence-electron chi connectivity index (χ0n) is 12.6. The molecule has 2 aromatic rings. The molecule has 0 aliphatic carbocycles. The van der Waals surface area contributed by atoms with Crippen molar-refractivity contribution in [2.75, 3.05) is 36.2 Å². The van der Waals surface area contributed by atoms with Gasteiger partial charge in [0.2, 0.25) is 17.8 Å². The lowest BCUT2D eigenvalue weighted by atomic mass is 10.2. The van der Waals surface area contributed by atoms with E-state index in [9.17, 15) is 0 Å². The number of nitrogens with one attached hydrogen (secondary N) is 2. The van der Waals surface area contributed by atoms with Crippen molar-refractivity contribution in [3.8, 4) is 0 Å². The molecule has 0 unspecified atom stereocenters. The van der Waals surface area contributed by atoms with Gasteiger partial charge >= 0.3 is 0 Å². The number of nitrogens with zero attached hydrogens (tertiary/aromatic N) is 4. The molecule has 2 rings (SSSR count). The van der Waals surface area contributed by atoms with Gasteiger partial charge in [-0.15, -0.1) is 0 Å². The van der Waals surface area contributed by atoms with Crippen molar-refractivity contribution in [2.24, 2.45) is 0 Å². The fraction of sp³-hybridized carbons (Fsp3) is 0.357. The van der Waals surface area contributed by atoms with Gasteiger partial charge in [-0.25, -0.2) is 0 Å². The Kier molecular flexibility index (Phi) is 4.80. The molecule has 21 heavy (non-hydrogen) atoms. The van der Waals surface area contributed by atoms with Crippen LogP contribution in [0.5, 0.6) is 0 Å². The highest BCUT2D eigenvalue weighted by Crippen LogP contribution is 2.25. The minimum atomic E-state index is 0.456. The summed E-state index contributed by atoms with van der Waals surface area (Å²) in [7, 11) is 3.77. The van der Waals surface area contributed by atoms with Crippen LogP contribution in [0.4, 0.5) is 23.5 Å². The molecule has 0 saturated carbocycles. The summed E-state index contributed by atoms with van der Waals surface area (Å²) in [6.07, 6.45) is 0. The molecule has 112 valence electrons. The molecular weight excluding hydrogens is 288 g/mol. The summed E-state index contributed by atoms with van der Waals surface area (Å²) < 4.78 is 0. The molecule has 1 aromatic heterocycles. The largest absolute Gasteiger partial charge is 0.354 e. The normalized spacial score (nSPS) is 10.3. The fourth-order valence-electron chi connectivity index (χ4n) is 1.71. The predicted molar refractivity (Wildman–Crippen MR) is 87.8 cm³/mol. The highest BCUT2D eigenvalue weighted by molar-refractivity contribution is 6.33. The molecule has 7 heteroatoms. The molecule has 0 amide bonds. The molecule has 0 aliphatic heterocycles. The van der Waals surface area contributed by atoms with Crippen LogP contribution in [0, 0.1) is 6.92 Å². The maximum atomic E-state index is 6.19. The van der Waals surface area contributed by atoms with Crippen molar-refractivity contribution in [2.45, 2.75) is 13.8 Å². The van der Waals surface area contributed by atoms with Crippen molar-refractivity contribution in [3.05, 3.63) is 28.8 Å². The molecule has 0 atom stereocenters. The molecule has 0 radical (unpaired) electrons. The molecule has 1 aromatic carbocycles. The Bertz CT molecular complexity index is 629. The minimum absolute atomic E-state index is 0.456. The molecule has 0 saturated heterocycles. The van der Waals surface area contributed by atoms with E-state index < -0.39 is 0 Å². The first-order chi connectivity index (χ1) is 9.99. The summed E-state index contributed by atoms with van der Waals surface area (Å²) in [5.74, 6) is 1.56. The number of halogens is 1. The maximum absolute atomic E-state index is 6.19. The van der Waals surface area contributed by atoms with E-state index in [2.05, 4.69) is 25.6 Å². The van der Waals surface area contributed by atoms with Crippen molar-refractivity contribution in [1.82, 2.24) is 15.0 Å². The number of rotatable bonds is 5. The minimum Gasteiger partial charge on any atom is -0.354 e. The highest BCUT2D eigenvalue weighted by atomic mass is 35.5. The van der Waals surface area contributed by atoms with Crippen LogP contribution in [0.25, 0.3) is 0 Å². The van der Waals surface area contributed by atoms with Gasteiger partial charge in [-0.2, -0.15) is 15.0 Å². The average Bonchev–Trinajstić information content (AvgIpc) is 2.43. The zero-order chi connectivity index (χ0) is 15.4. The van der Waals surface area contributed by atoms with Gasteiger partial charge in [0.15, 0.2) is 0 Å². The van der Waals surface area contributed by atoms with Crippen LogP contribution >= 0.6 is 11.6 Å². The Morgan fingerprint density at radius 3 is 2.52 bits per heavy atom. The Morgan fingerprint density at radius 2 is 1.86 bits per heavy atom. The van der Waals surface area contributed by atoms with Crippen molar-refractivity contribution >= 4 is 35.1 Å². The smallest absolute Gasteiger partial charge is 0.233 e. The van der Waals surface area contributed by atoms with Crippen LogP contribution in [0.3, 0.4) is 0 Å². The van der Waals surface area contributed by atoms with Gasteiger partial charge in [-0.1, -0.05) is 17.7 Å². The molecule has 6 nitrogen and oxygen atoms in total. The maximum Gasteiger partial charge on any atom is 0.233 e.